The van der Waals surface area contributed by atoms with Gasteiger partial charge in [-0.05, 0) is 31.2 Å². The summed E-state index contributed by atoms with van der Waals surface area (Å²) in [7, 11) is 1.75. The van der Waals surface area contributed by atoms with Crippen LogP contribution >= 0.6 is 11.8 Å². The standard InChI is InChI=1S/C20H15N3O5S/c1-12-9-13(7-8-15(12)23(26)27)20(25)28-11-17(24)14(10-21)19-22(2)16-5-3-4-6-18(16)29-19/h3-9H,11H2,1-2H3/b19-14-. The van der Waals surface area contributed by atoms with Crippen LogP contribution < -0.4 is 4.90 Å². The first-order valence-electron chi connectivity index (χ1n) is 8.44. The van der Waals surface area contributed by atoms with E-state index >= 15 is 0 Å². The molecule has 1 heterocycles. The van der Waals surface area contributed by atoms with Gasteiger partial charge in [0.1, 0.15) is 16.7 Å². The molecule has 0 atom stereocenters. The molecule has 0 aromatic heterocycles. The van der Waals surface area contributed by atoms with E-state index in [-0.39, 0.29) is 16.8 Å². The fourth-order valence-corrected chi connectivity index (χ4v) is 3.99. The van der Waals surface area contributed by atoms with Crippen molar-refractivity contribution >= 4 is 34.9 Å². The molecule has 146 valence electrons. The van der Waals surface area contributed by atoms with Gasteiger partial charge in [0.15, 0.2) is 6.61 Å². The topological polar surface area (TPSA) is 114 Å². The number of rotatable bonds is 5. The van der Waals surface area contributed by atoms with E-state index in [1.807, 2.05) is 30.3 Å². The lowest BCUT2D eigenvalue weighted by Crippen LogP contribution is -2.20. The molecule has 0 spiro atoms. The Hall–Kier alpha value is -3.64. The number of nitriles is 1. The summed E-state index contributed by atoms with van der Waals surface area (Å²) in [5.41, 5.74) is 1.06. The Balaban J connectivity index is 1.73. The molecule has 8 nitrogen and oxygen atoms in total. The number of carbonyl (C=O) groups excluding carboxylic acids is 2. The number of anilines is 1. The number of hydrogen-bond donors (Lipinski definition) is 0. The second-order valence-corrected chi connectivity index (χ2v) is 7.21. The average Bonchev–Trinajstić information content (AvgIpc) is 3.03. The number of nitro benzene ring substituents is 1. The first-order chi connectivity index (χ1) is 13.8. The van der Waals surface area contributed by atoms with Crippen molar-refractivity contribution in [3.8, 4) is 6.07 Å². The molecule has 1 aliphatic rings. The molecule has 0 bridgehead atoms. The predicted molar refractivity (Wildman–Crippen MR) is 106 cm³/mol. The van der Waals surface area contributed by atoms with E-state index in [0.717, 1.165) is 10.6 Å². The highest BCUT2D eigenvalue weighted by Crippen LogP contribution is 2.46. The zero-order chi connectivity index (χ0) is 21.1. The number of para-hydroxylation sites is 1. The maximum Gasteiger partial charge on any atom is 0.338 e. The van der Waals surface area contributed by atoms with Gasteiger partial charge < -0.3 is 9.64 Å². The number of benzene rings is 2. The second kappa shape index (κ2) is 8.16. The van der Waals surface area contributed by atoms with Gasteiger partial charge in [0.25, 0.3) is 5.69 Å². The lowest BCUT2D eigenvalue weighted by molar-refractivity contribution is -0.385. The lowest BCUT2D eigenvalue weighted by Gasteiger charge is -2.14. The quantitative estimate of drug-likeness (QED) is 0.242. The Morgan fingerprint density at radius 1 is 1.28 bits per heavy atom. The van der Waals surface area contributed by atoms with Gasteiger partial charge >= 0.3 is 5.97 Å². The van der Waals surface area contributed by atoms with Crippen LogP contribution in [0, 0.1) is 28.4 Å². The van der Waals surface area contributed by atoms with Gasteiger partial charge in [-0.2, -0.15) is 5.26 Å². The van der Waals surface area contributed by atoms with Gasteiger partial charge in [-0.3, -0.25) is 14.9 Å². The number of fused-ring (bicyclic) bond motifs is 1. The number of ether oxygens (including phenoxy) is 1. The number of nitrogens with zero attached hydrogens (tertiary/aromatic N) is 3. The minimum absolute atomic E-state index is 0.0897. The summed E-state index contributed by atoms with van der Waals surface area (Å²) in [5, 5.41) is 20.8. The molecule has 0 N–H and O–H groups in total. The fraction of sp³-hybridized carbons (Fsp3) is 0.150. The van der Waals surface area contributed by atoms with E-state index in [4.69, 9.17) is 4.74 Å². The first kappa shape index (κ1) is 20.1. The molecule has 0 aliphatic carbocycles. The molecule has 3 rings (SSSR count). The van der Waals surface area contributed by atoms with Crippen LogP contribution in [0.4, 0.5) is 11.4 Å². The maximum absolute atomic E-state index is 12.5. The van der Waals surface area contributed by atoms with Crippen molar-refractivity contribution in [3.63, 3.8) is 0 Å². The summed E-state index contributed by atoms with van der Waals surface area (Å²) in [6, 6.07) is 13.2. The third kappa shape index (κ3) is 3.97. The van der Waals surface area contributed by atoms with E-state index < -0.39 is 23.3 Å². The molecule has 2 aromatic carbocycles. The summed E-state index contributed by atoms with van der Waals surface area (Å²) >= 11 is 1.30. The Morgan fingerprint density at radius 3 is 2.62 bits per heavy atom. The maximum atomic E-state index is 12.5. The van der Waals surface area contributed by atoms with E-state index in [2.05, 4.69) is 0 Å². The minimum Gasteiger partial charge on any atom is -0.454 e. The number of ketones is 1. The monoisotopic (exact) mass is 409 g/mol. The second-order valence-electron chi connectivity index (χ2n) is 6.18. The number of carbonyl (C=O) groups is 2. The van der Waals surface area contributed by atoms with Crippen LogP contribution in [-0.2, 0) is 9.53 Å². The Kier molecular flexibility index (Phi) is 5.66. The normalized spacial score (nSPS) is 14.0. The van der Waals surface area contributed by atoms with Gasteiger partial charge in [0, 0.05) is 23.6 Å². The van der Waals surface area contributed by atoms with E-state index in [9.17, 15) is 25.0 Å². The van der Waals surface area contributed by atoms with Gasteiger partial charge in [-0.1, -0.05) is 23.9 Å². The van der Waals surface area contributed by atoms with E-state index in [0.29, 0.717) is 10.6 Å². The summed E-state index contributed by atoms with van der Waals surface area (Å²) in [6.45, 7) is 0.898. The Labute approximate surface area is 170 Å². The zero-order valence-electron chi connectivity index (χ0n) is 15.5. The van der Waals surface area contributed by atoms with Crippen molar-refractivity contribution < 1.29 is 19.2 Å². The first-order valence-corrected chi connectivity index (χ1v) is 9.25. The number of esters is 1. The smallest absolute Gasteiger partial charge is 0.338 e. The Morgan fingerprint density at radius 2 is 2.00 bits per heavy atom. The third-order valence-corrected chi connectivity index (χ3v) is 5.54. The summed E-state index contributed by atoms with van der Waals surface area (Å²) in [6.07, 6.45) is 0. The van der Waals surface area contributed by atoms with Gasteiger partial charge in [0.05, 0.1) is 16.2 Å². The van der Waals surface area contributed by atoms with Crippen LogP contribution in [0.2, 0.25) is 0 Å². The summed E-state index contributed by atoms with van der Waals surface area (Å²) in [4.78, 5) is 37.7. The SMILES string of the molecule is Cc1cc(C(=O)OCC(=O)/C(C#N)=C2\Sc3ccccc3N2C)ccc1[N+](=O)[O-]. The zero-order valence-corrected chi connectivity index (χ0v) is 16.4. The molecule has 0 radical (unpaired) electrons. The van der Waals surface area contributed by atoms with E-state index in [1.165, 1.54) is 36.9 Å². The molecule has 0 fully saturated rings. The molecule has 0 saturated carbocycles. The predicted octanol–water partition coefficient (Wildman–Crippen LogP) is 3.61. The number of thioether (sulfide) groups is 1. The van der Waals surface area contributed by atoms with Crippen LogP contribution in [-0.4, -0.2) is 30.3 Å². The fourth-order valence-electron chi connectivity index (χ4n) is 2.82. The highest BCUT2D eigenvalue weighted by Gasteiger charge is 2.28. The molecular weight excluding hydrogens is 394 g/mol. The molecule has 2 aromatic rings. The van der Waals surface area contributed by atoms with Crippen molar-refractivity contribution in [1.82, 2.24) is 0 Å². The van der Waals surface area contributed by atoms with Gasteiger partial charge in [0.2, 0.25) is 5.78 Å². The highest BCUT2D eigenvalue weighted by molar-refractivity contribution is 8.03. The molecule has 0 unspecified atom stereocenters. The Bertz CT molecular complexity index is 1100. The molecule has 0 amide bonds. The lowest BCUT2D eigenvalue weighted by atomic mass is 10.1. The third-order valence-electron chi connectivity index (χ3n) is 4.31. The number of aryl methyl sites for hydroxylation is 1. The van der Waals surface area contributed by atoms with Crippen LogP contribution in [0.5, 0.6) is 0 Å². The molecule has 29 heavy (non-hydrogen) atoms. The van der Waals surface area contributed by atoms with E-state index in [1.54, 1.807) is 11.9 Å². The van der Waals surface area contributed by atoms with Crippen molar-refractivity contribution in [2.45, 2.75) is 11.8 Å². The van der Waals surface area contributed by atoms with Crippen LogP contribution in [0.1, 0.15) is 15.9 Å². The molecule has 9 heteroatoms. The summed E-state index contributed by atoms with van der Waals surface area (Å²) in [5.74, 6) is -1.42. The largest absolute Gasteiger partial charge is 0.454 e. The molecular formula is C20H15N3O5S. The van der Waals surface area contributed by atoms with Crippen LogP contribution in [0.15, 0.2) is 58.0 Å². The molecule has 0 saturated heterocycles. The average molecular weight is 409 g/mol. The number of hydrogen-bond acceptors (Lipinski definition) is 8. The van der Waals surface area contributed by atoms with Crippen molar-refractivity contribution in [2.75, 3.05) is 18.6 Å². The highest BCUT2D eigenvalue weighted by atomic mass is 32.2. The van der Waals surface area contributed by atoms with Crippen LogP contribution in [0.25, 0.3) is 0 Å². The molecule has 1 aliphatic heterocycles. The number of Topliss-reactive ketones (excluding diaryl/α,β-unsaturated/α-hetero) is 1. The van der Waals surface area contributed by atoms with Crippen molar-refractivity contribution in [1.29, 1.82) is 5.26 Å². The van der Waals surface area contributed by atoms with Crippen LogP contribution in [0.3, 0.4) is 0 Å². The van der Waals surface area contributed by atoms with Crippen molar-refractivity contribution in [2.24, 2.45) is 0 Å². The minimum atomic E-state index is -0.797. The van der Waals surface area contributed by atoms with Crippen molar-refractivity contribution in [3.05, 3.63) is 74.3 Å². The summed E-state index contributed by atoms with van der Waals surface area (Å²) < 4.78 is 5.03. The van der Waals surface area contributed by atoms with Gasteiger partial charge in [-0.25, -0.2) is 4.79 Å². The number of nitro groups is 1. The van der Waals surface area contributed by atoms with Gasteiger partial charge in [-0.15, -0.1) is 0 Å².